The molecular weight excluding hydrogens is 264 g/mol. The lowest BCUT2D eigenvalue weighted by Crippen LogP contribution is -2.40. The fourth-order valence-electron chi connectivity index (χ4n) is 2.39. The maximum atomic E-state index is 12.6. The third-order valence-electron chi connectivity index (χ3n) is 3.51. The van der Waals surface area contributed by atoms with E-state index in [4.69, 9.17) is 4.74 Å². The first kappa shape index (κ1) is 13.6. The molecule has 0 bridgehead atoms. The van der Waals surface area contributed by atoms with Gasteiger partial charge in [-0.05, 0) is 24.3 Å². The summed E-state index contributed by atoms with van der Waals surface area (Å²) in [6.45, 7) is 2.52. The van der Waals surface area contributed by atoms with Crippen molar-refractivity contribution in [3.63, 3.8) is 0 Å². The molecule has 1 aliphatic heterocycles. The van der Waals surface area contributed by atoms with E-state index in [0.717, 1.165) is 11.4 Å². The number of nitrogens with zero attached hydrogens (tertiary/aromatic N) is 1. The van der Waals surface area contributed by atoms with Gasteiger partial charge in [-0.25, -0.2) is 0 Å². The molecule has 1 heterocycles. The van der Waals surface area contributed by atoms with Gasteiger partial charge in [-0.2, -0.15) is 0 Å². The zero-order valence-electron chi connectivity index (χ0n) is 11.8. The van der Waals surface area contributed by atoms with Crippen LogP contribution in [-0.4, -0.2) is 37.1 Å². The van der Waals surface area contributed by atoms with Crippen molar-refractivity contribution >= 4 is 17.3 Å². The summed E-state index contributed by atoms with van der Waals surface area (Å²) in [6, 6.07) is 17.5. The largest absolute Gasteiger partial charge is 0.378 e. The topological polar surface area (TPSA) is 41.6 Å². The van der Waals surface area contributed by atoms with Crippen LogP contribution < -0.4 is 5.32 Å². The number of rotatable bonds is 3. The summed E-state index contributed by atoms with van der Waals surface area (Å²) in [4.78, 5) is 14.5. The summed E-state index contributed by atoms with van der Waals surface area (Å²) in [5.41, 5.74) is 2.50. The number of para-hydroxylation sites is 2. The van der Waals surface area contributed by atoms with Crippen molar-refractivity contribution in [2.45, 2.75) is 0 Å². The van der Waals surface area contributed by atoms with Gasteiger partial charge >= 0.3 is 0 Å². The molecule has 3 rings (SSSR count). The Morgan fingerprint density at radius 2 is 1.62 bits per heavy atom. The van der Waals surface area contributed by atoms with E-state index < -0.39 is 0 Å². The summed E-state index contributed by atoms with van der Waals surface area (Å²) in [5, 5.41) is 3.31. The van der Waals surface area contributed by atoms with Crippen LogP contribution in [0, 0.1) is 0 Å². The molecular formula is C17H18N2O2. The quantitative estimate of drug-likeness (QED) is 0.941. The fraction of sp³-hybridized carbons (Fsp3) is 0.235. The lowest BCUT2D eigenvalue weighted by Gasteiger charge is -2.27. The zero-order valence-corrected chi connectivity index (χ0v) is 11.8. The van der Waals surface area contributed by atoms with Crippen LogP contribution in [0.1, 0.15) is 10.4 Å². The van der Waals surface area contributed by atoms with Crippen LogP contribution in [0.5, 0.6) is 0 Å². The van der Waals surface area contributed by atoms with Crippen LogP contribution in [0.25, 0.3) is 0 Å². The van der Waals surface area contributed by atoms with Crippen molar-refractivity contribution in [2.75, 3.05) is 31.6 Å². The number of carbonyl (C=O) groups excluding carboxylic acids is 1. The second-order valence-corrected chi connectivity index (χ2v) is 4.94. The smallest absolute Gasteiger partial charge is 0.256 e. The summed E-state index contributed by atoms with van der Waals surface area (Å²) in [6.07, 6.45) is 0. The number of hydrogen-bond acceptors (Lipinski definition) is 3. The Bertz CT molecular complexity index is 607. The molecule has 0 aliphatic carbocycles. The number of ether oxygens (including phenoxy) is 1. The molecule has 0 radical (unpaired) electrons. The van der Waals surface area contributed by atoms with Gasteiger partial charge < -0.3 is 15.0 Å². The molecule has 1 aliphatic rings. The minimum atomic E-state index is 0.0531. The maximum absolute atomic E-state index is 12.6. The highest BCUT2D eigenvalue weighted by Gasteiger charge is 2.20. The van der Waals surface area contributed by atoms with Gasteiger partial charge in [-0.15, -0.1) is 0 Å². The highest BCUT2D eigenvalue weighted by atomic mass is 16.5. The number of carbonyl (C=O) groups is 1. The summed E-state index contributed by atoms with van der Waals surface area (Å²) in [7, 11) is 0. The second-order valence-electron chi connectivity index (χ2n) is 4.94. The Kier molecular flexibility index (Phi) is 4.17. The molecule has 0 unspecified atom stereocenters. The fourth-order valence-corrected chi connectivity index (χ4v) is 2.39. The number of benzene rings is 2. The van der Waals surface area contributed by atoms with E-state index in [-0.39, 0.29) is 5.91 Å². The molecule has 0 saturated carbocycles. The summed E-state index contributed by atoms with van der Waals surface area (Å²) in [5.74, 6) is 0.0531. The highest BCUT2D eigenvalue weighted by Crippen LogP contribution is 2.22. The average molecular weight is 282 g/mol. The molecule has 1 N–H and O–H groups in total. The third kappa shape index (κ3) is 3.23. The lowest BCUT2D eigenvalue weighted by atomic mass is 10.1. The first-order valence-corrected chi connectivity index (χ1v) is 7.13. The Balaban J connectivity index is 1.83. The van der Waals surface area contributed by atoms with Crippen molar-refractivity contribution in [1.29, 1.82) is 0 Å². The summed E-state index contributed by atoms with van der Waals surface area (Å²) >= 11 is 0. The van der Waals surface area contributed by atoms with Gasteiger partial charge in [0, 0.05) is 18.8 Å². The van der Waals surface area contributed by atoms with Gasteiger partial charge in [-0.1, -0.05) is 30.3 Å². The maximum Gasteiger partial charge on any atom is 0.256 e. The van der Waals surface area contributed by atoms with E-state index in [1.54, 1.807) is 0 Å². The van der Waals surface area contributed by atoms with Crippen LogP contribution in [0.3, 0.4) is 0 Å². The molecule has 2 aromatic carbocycles. The van der Waals surface area contributed by atoms with Crippen molar-refractivity contribution in [3.8, 4) is 0 Å². The highest BCUT2D eigenvalue weighted by molar-refractivity contribution is 6.00. The zero-order chi connectivity index (χ0) is 14.5. The molecule has 4 heteroatoms. The van der Waals surface area contributed by atoms with Crippen molar-refractivity contribution in [3.05, 3.63) is 60.2 Å². The summed E-state index contributed by atoms with van der Waals surface area (Å²) < 4.78 is 5.30. The second kappa shape index (κ2) is 6.41. The first-order chi connectivity index (χ1) is 10.3. The molecule has 0 atom stereocenters. The van der Waals surface area contributed by atoms with Gasteiger partial charge in [0.25, 0.3) is 5.91 Å². The average Bonchev–Trinajstić information content (AvgIpc) is 2.56. The van der Waals surface area contributed by atoms with Gasteiger partial charge in [0.1, 0.15) is 0 Å². The molecule has 1 amide bonds. The minimum absolute atomic E-state index is 0.0531. The Morgan fingerprint density at radius 3 is 2.38 bits per heavy atom. The van der Waals surface area contributed by atoms with E-state index in [2.05, 4.69) is 5.32 Å². The predicted molar refractivity (Wildman–Crippen MR) is 82.9 cm³/mol. The molecule has 0 spiro atoms. The van der Waals surface area contributed by atoms with Gasteiger partial charge in [-0.3, -0.25) is 4.79 Å². The van der Waals surface area contributed by atoms with E-state index in [9.17, 15) is 4.79 Å². The third-order valence-corrected chi connectivity index (χ3v) is 3.51. The van der Waals surface area contributed by atoms with Gasteiger partial charge in [0.2, 0.25) is 0 Å². The van der Waals surface area contributed by atoms with E-state index in [1.807, 2.05) is 59.5 Å². The van der Waals surface area contributed by atoms with Gasteiger partial charge in [0.15, 0.2) is 0 Å². The Morgan fingerprint density at radius 1 is 0.952 bits per heavy atom. The number of hydrogen-bond donors (Lipinski definition) is 1. The first-order valence-electron chi connectivity index (χ1n) is 7.13. The SMILES string of the molecule is O=C(c1ccccc1Nc1ccccc1)N1CCOCC1. The van der Waals surface area contributed by atoms with Crippen molar-refractivity contribution in [2.24, 2.45) is 0 Å². The molecule has 108 valence electrons. The van der Waals surface area contributed by atoms with Crippen molar-refractivity contribution in [1.82, 2.24) is 4.90 Å². The molecule has 1 fully saturated rings. The Hall–Kier alpha value is -2.33. The van der Waals surface area contributed by atoms with Crippen LogP contribution >= 0.6 is 0 Å². The number of morpholine rings is 1. The van der Waals surface area contributed by atoms with E-state index in [0.29, 0.717) is 31.9 Å². The van der Waals surface area contributed by atoms with Crippen LogP contribution in [0.4, 0.5) is 11.4 Å². The monoisotopic (exact) mass is 282 g/mol. The normalized spacial score (nSPS) is 14.8. The number of anilines is 2. The standard InChI is InChI=1S/C17H18N2O2/c20-17(19-10-12-21-13-11-19)15-8-4-5-9-16(15)18-14-6-2-1-3-7-14/h1-9,18H,10-13H2. The Labute approximate surface area is 124 Å². The number of nitrogens with one attached hydrogen (secondary N) is 1. The van der Waals surface area contributed by atoms with E-state index >= 15 is 0 Å². The molecule has 4 nitrogen and oxygen atoms in total. The van der Waals surface area contributed by atoms with E-state index in [1.165, 1.54) is 0 Å². The van der Waals surface area contributed by atoms with Gasteiger partial charge in [0.05, 0.1) is 24.5 Å². The number of amides is 1. The van der Waals surface area contributed by atoms with Crippen LogP contribution in [0.15, 0.2) is 54.6 Å². The van der Waals surface area contributed by atoms with Crippen LogP contribution in [-0.2, 0) is 4.74 Å². The van der Waals surface area contributed by atoms with Crippen LogP contribution in [0.2, 0.25) is 0 Å². The molecule has 1 saturated heterocycles. The lowest BCUT2D eigenvalue weighted by molar-refractivity contribution is 0.0303. The molecule has 21 heavy (non-hydrogen) atoms. The molecule has 0 aromatic heterocycles. The predicted octanol–water partition coefficient (Wildman–Crippen LogP) is 2.90. The minimum Gasteiger partial charge on any atom is -0.378 e. The molecule has 2 aromatic rings. The van der Waals surface area contributed by atoms with Crippen molar-refractivity contribution < 1.29 is 9.53 Å².